The molecule has 2 N–H and O–H groups in total. The van der Waals surface area contributed by atoms with Crippen molar-refractivity contribution in [2.75, 3.05) is 66.3 Å². The molecule has 1 unspecified atom stereocenters. The number of benzene rings is 2. The number of carbonyl (C=O) groups excluding carboxylic acids is 1. The first-order chi connectivity index (χ1) is 27.0. The van der Waals surface area contributed by atoms with E-state index in [9.17, 15) is 9.90 Å². The Hall–Kier alpha value is -4.24. The van der Waals surface area contributed by atoms with Gasteiger partial charge in [-0.3, -0.25) is 14.2 Å². The minimum Gasteiger partial charge on any atom is -0.490 e. The van der Waals surface area contributed by atoms with Crippen LogP contribution < -0.4 is 19.3 Å². The van der Waals surface area contributed by atoms with Crippen LogP contribution in [0, 0.1) is 17.8 Å². The maximum absolute atomic E-state index is 15.2. The molecule has 56 heavy (non-hydrogen) atoms. The van der Waals surface area contributed by atoms with Crippen molar-refractivity contribution in [2.24, 2.45) is 29.2 Å². The first-order valence-corrected chi connectivity index (χ1v) is 21.9. The van der Waals surface area contributed by atoms with Gasteiger partial charge >= 0.3 is 0 Å². The lowest BCUT2D eigenvalue weighted by molar-refractivity contribution is 0.0456. The summed E-state index contributed by atoms with van der Waals surface area (Å²) in [6.45, 7) is 6.17. The number of nitrogens with one attached hydrogen (secondary N) is 1. The van der Waals surface area contributed by atoms with Gasteiger partial charge in [-0.2, -0.15) is 15.1 Å². The van der Waals surface area contributed by atoms with E-state index < -0.39 is 21.9 Å². The number of fused-ring (bicyclic) bond motifs is 5. The highest BCUT2D eigenvalue weighted by Gasteiger charge is 2.44. The monoisotopic (exact) mass is 800 g/mol. The molecule has 1 spiro atoms. The Balaban J connectivity index is 1.13. The molecule has 2 bridgehead atoms. The van der Waals surface area contributed by atoms with Crippen LogP contribution in [0.2, 0.25) is 5.02 Å². The number of allylic oxidation sites excluding steroid dienone is 1. The van der Waals surface area contributed by atoms with Crippen molar-refractivity contribution in [1.29, 1.82) is 0 Å². The quantitative estimate of drug-likeness (QED) is 0.239. The van der Waals surface area contributed by atoms with Crippen molar-refractivity contribution in [1.82, 2.24) is 19.7 Å². The minimum atomic E-state index is -3.47. The van der Waals surface area contributed by atoms with Gasteiger partial charge in [0.05, 0.1) is 42.8 Å². The van der Waals surface area contributed by atoms with E-state index in [1.807, 2.05) is 42.2 Å². The second kappa shape index (κ2) is 14.9. The second-order valence-electron chi connectivity index (χ2n) is 16.4. The van der Waals surface area contributed by atoms with E-state index in [0.29, 0.717) is 86.5 Å². The summed E-state index contributed by atoms with van der Waals surface area (Å²) in [6, 6.07) is 11.6. The molecule has 15 heteroatoms. The van der Waals surface area contributed by atoms with Gasteiger partial charge in [0.25, 0.3) is 5.91 Å². The van der Waals surface area contributed by atoms with E-state index in [0.717, 1.165) is 42.8 Å². The summed E-state index contributed by atoms with van der Waals surface area (Å²) in [5.74, 6) is 1.15. The lowest BCUT2D eigenvalue weighted by Crippen LogP contribution is -2.49. The number of carbonyl (C=O) groups is 1. The fraction of sp³-hybridized carbons (Fsp3) is 0.512. The number of aromatic nitrogens is 4. The van der Waals surface area contributed by atoms with Crippen LogP contribution in [0.1, 0.15) is 60.5 Å². The number of halogens is 1. The number of aliphatic hydroxyl groups excluding tert-OH is 1. The smallest absolute Gasteiger partial charge is 0.286 e. The van der Waals surface area contributed by atoms with Crippen molar-refractivity contribution < 1.29 is 23.6 Å². The number of ether oxygens (including phenoxy) is 2. The van der Waals surface area contributed by atoms with Crippen LogP contribution in [0.4, 0.5) is 17.5 Å². The summed E-state index contributed by atoms with van der Waals surface area (Å²) in [5, 5.41) is 17.3. The lowest BCUT2D eigenvalue weighted by atomic mass is 9.68. The highest BCUT2D eigenvalue weighted by molar-refractivity contribution is 7.95. The molecule has 0 radical (unpaired) electrons. The van der Waals surface area contributed by atoms with E-state index in [-0.39, 0.29) is 28.9 Å². The Morgan fingerprint density at radius 3 is 2.77 bits per heavy atom. The normalized spacial score (nSPS) is 30.0. The van der Waals surface area contributed by atoms with Crippen molar-refractivity contribution in [2.45, 2.75) is 57.0 Å². The molecule has 3 aliphatic heterocycles. The molecule has 1 saturated heterocycles. The molecule has 13 nitrogen and oxygen atoms in total. The molecule has 5 aliphatic rings. The third-order valence-electron chi connectivity index (χ3n) is 12.3. The lowest BCUT2D eigenvalue weighted by Gasteiger charge is -2.45. The molecule has 2 aromatic heterocycles. The van der Waals surface area contributed by atoms with Crippen molar-refractivity contribution in [3.8, 4) is 5.75 Å². The topological polar surface area (TPSA) is 147 Å². The van der Waals surface area contributed by atoms with Gasteiger partial charge in [-0.05, 0) is 97.7 Å². The third kappa shape index (κ3) is 7.25. The molecule has 4 aromatic rings. The first-order valence-electron chi connectivity index (χ1n) is 19.8. The van der Waals surface area contributed by atoms with Gasteiger partial charge < -0.3 is 24.4 Å². The average molecular weight is 801 g/mol. The van der Waals surface area contributed by atoms with Crippen LogP contribution >= 0.6 is 11.6 Å². The Morgan fingerprint density at radius 2 is 1.95 bits per heavy atom. The summed E-state index contributed by atoms with van der Waals surface area (Å²) in [5.41, 5.74) is 3.81. The molecule has 6 atom stereocenters. The van der Waals surface area contributed by atoms with Crippen LogP contribution in [0.25, 0.3) is 11.0 Å². The largest absolute Gasteiger partial charge is 0.490 e. The predicted molar refractivity (Wildman–Crippen MR) is 218 cm³/mol. The van der Waals surface area contributed by atoms with Gasteiger partial charge in [-0.25, -0.2) is 4.21 Å². The fourth-order valence-electron chi connectivity index (χ4n) is 9.28. The van der Waals surface area contributed by atoms with Crippen LogP contribution in [-0.4, -0.2) is 92.8 Å². The summed E-state index contributed by atoms with van der Waals surface area (Å²) >= 11 is 6.48. The Morgan fingerprint density at radius 1 is 1.09 bits per heavy atom. The summed E-state index contributed by atoms with van der Waals surface area (Å²) < 4.78 is 36.7. The van der Waals surface area contributed by atoms with E-state index in [1.54, 1.807) is 24.0 Å². The highest BCUT2D eigenvalue weighted by Crippen LogP contribution is 2.47. The van der Waals surface area contributed by atoms with Gasteiger partial charge in [-0.1, -0.05) is 36.7 Å². The highest BCUT2D eigenvalue weighted by atomic mass is 35.5. The molecular weight excluding hydrogens is 752 g/mol. The number of rotatable bonds is 3. The third-order valence-corrected chi connectivity index (χ3v) is 14.5. The SMILES string of the molecule is C[C@H]1C/C=C\[C@H](O)[C@@H]2CC[C@H]2CN2C[C@@]3(CCCc4cc(Cl)ccc43)COc3ccc(cc32)C(=O)N=S(=O)(Nc2nc(N3CCOCC3)nc3nn(C)cc23)C1. The summed E-state index contributed by atoms with van der Waals surface area (Å²) in [4.78, 5) is 28.3. The van der Waals surface area contributed by atoms with Crippen molar-refractivity contribution in [3.05, 3.63) is 76.5 Å². The number of nitrogens with zero attached hydrogens (tertiary/aromatic N) is 7. The maximum Gasteiger partial charge on any atom is 0.286 e. The number of hydrogen-bond donors (Lipinski definition) is 2. The molecular formula is C41H49ClN8O5S. The number of morpholine rings is 1. The molecule has 296 valence electrons. The number of hydrogen-bond acceptors (Lipinski definition) is 10. The number of aryl methyl sites for hydroxylation is 2. The van der Waals surface area contributed by atoms with Crippen LogP contribution in [0.5, 0.6) is 5.75 Å². The minimum absolute atomic E-state index is 0.0655. The van der Waals surface area contributed by atoms with Crippen LogP contribution in [0.15, 0.2) is 59.1 Å². The molecule has 1 saturated carbocycles. The van der Waals surface area contributed by atoms with Gasteiger partial charge in [0.2, 0.25) is 5.95 Å². The second-order valence-corrected chi connectivity index (χ2v) is 18.8. The van der Waals surface area contributed by atoms with E-state index in [2.05, 4.69) is 31.2 Å². The molecule has 2 fully saturated rings. The van der Waals surface area contributed by atoms with Crippen LogP contribution in [-0.2, 0) is 33.5 Å². The van der Waals surface area contributed by atoms with Gasteiger partial charge in [0.1, 0.15) is 15.7 Å². The number of aliphatic hydroxyl groups is 1. The molecule has 5 heterocycles. The zero-order valence-electron chi connectivity index (χ0n) is 31.9. The van der Waals surface area contributed by atoms with Gasteiger partial charge in [-0.15, -0.1) is 4.36 Å². The maximum atomic E-state index is 15.2. The zero-order chi connectivity index (χ0) is 38.6. The Labute approximate surface area is 332 Å². The van der Waals surface area contributed by atoms with Gasteiger partial charge in [0, 0.05) is 55.4 Å². The average Bonchev–Trinajstić information content (AvgIpc) is 3.48. The summed E-state index contributed by atoms with van der Waals surface area (Å²) in [7, 11) is -1.67. The van der Waals surface area contributed by atoms with Crippen LogP contribution in [0.3, 0.4) is 0 Å². The zero-order valence-corrected chi connectivity index (χ0v) is 33.5. The molecule has 2 aliphatic carbocycles. The fourth-order valence-corrected chi connectivity index (χ4v) is 11.4. The first kappa shape index (κ1) is 37.3. The number of amides is 1. The predicted octanol–water partition coefficient (Wildman–Crippen LogP) is 5.94. The molecule has 1 amide bonds. The van der Waals surface area contributed by atoms with Gasteiger partial charge in [0.15, 0.2) is 11.5 Å². The van der Waals surface area contributed by atoms with Crippen molar-refractivity contribution in [3.63, 3.8) is 0 Å². The number of anilines is 3. The molecule has 2 aromatic carbocycles. The van der Waals surface area contributed by atoms with E-state index in [4.69, 9.17) is 31.0 Å². The van der Waals surface area contributed by atoms with E-state index >= 15 is 4.21 Å². The Kier molecular flexibility index (Phi) is 9.95. The summed E-state index contributed by atoms with van der Waals surface area (Å²) in [6.07, 6.45) is 10.5. The Bertz CT molecular complexity index is 2320. The van der Waals surface area contributed by atoms with Crippen molar-refractivity contribution >= 4 is 55.9 Å². The standard InChI is InChI=1S/C41H49ClN8O5S/c1-26-5-3-7-35(51)31-11-8-29(31)21-50-24-41(14-4-6-27-19-30(42)10-12-33(27)41)25-55-36-13-9-28(20-34(36)50)39(52)47-56(53,23-26)46-38-32-22-48(2)45-37(32)43-40(44-38)49-15-17-54-18-16-49/h3,7,9-10,12-13,19-20,22,26,29,31,35,51H,4-6,8,11,14-18,21,23-25H2,1-2H3,(H,43,44,45,46,47,52,53)/b7-3-/t26-,29-,31+,35-,41-,56?/m0/s1. The molecule has 9 rings (SSSR count). The van der Waals surface area contributed by atoms with E-state index in [1.165, 1.54) is 11.1 Å².